The first kappa shape index (κ1) is 71.5. The summed E-state index contributed by atoms with van der Waals surface area (Å²) in [5.41, 5.74) is 0. The average molecular weight is 1050 g/mol. The molecule has 0 saturated heterocycles. The third-order valence-corrected chi connectivity index (χ3v) is 12.8. The zero-order valence-electron chi connectivity index (χ0n) is 49.0. The monoisotopic (exact) mass is 1050 g/mol. The summed E-state index contributed by atoms with van der Waals surface area (Å²) in [6.45, 7) is 3.89. The summed E-state index contributed by atoms with van der Waals surface area (Å²) in [5, 5.41) is 9.67. The van der Waals surface area contributed by atoms with Crippen LogP contribution in [0.3, 0.4) is 0 Å². The molecule has 0 saturated carbocycles. The zero-order chi connectivity index (χ0) is 54.8. The molecule has 428 valence electrons. The second-order valence-electron chi connectivity index (χ2n) is 20.0. The topological polar surface area (TPSA) is 72.8 Å². The van der Waals surface area contributed by atoms with Gasteiger partial charge < -0.3 is 14.6 Å². The van der Waals surface area contributed by atoms with Crippen LogP contribution in [-0.2, 0) is 19.1 Å². The van der Waals surface area contributed by atoms with E-state index in [-0.39, 0.29) is 25.2 Å². The van der Waals surface area contributed by atoms with E-state index in [0.29, 0.717) is 12.8 Å². The Hall–Kier alpha value is -4.48. The molecular weight excluding hydrogens is 933 g/mol. The van der Waals surface area contributed by atoms with Crippen molar-refractivity contribution in [3.8, 4) is 0 Å². The van der Waals surface area contributed by atoms with E-state index in [1.54, 1.807) is 0 Å². The molecule has 0 aromatic rings. The third-order valence-electron chi connectivity index (χ3n) is 12.8. The van der Waals surface area contributed by atoms with Crippen LogP contribution < -0.4 is 0 Å². The van der Waals surface area contributed by atoms with Crippen LogP contribution in [0.4, 0.5) is 0 Å². The molecule has 0 heterocycles. The largest absolute Gasteiger partial charge is 0.462 e. The van der Waals surface area contributed by atoms with Crippen molar-refractivity contribution in [2.45, 2.75) is 264 Å². The fraction of sp³-hybridized carbons (Fsp3) is 0.606. The normalized spacial score (nSPS) is 13.4. The number of carbonyl (C=O) groups is 2. The van der Waals surface area contributed by atoms with Crippen LogP contribution in [0.15, 0.2) is 158 Å². The Morgan fingerprint density at radius 3 is 0.789 bits per heavy atom. The fourth-order valence-electron chi connectivity index (χ4n) is 8.25. The molecule has 0 amide bonds. The molecule has 76 heavy (non-hydrogen) atoms. The highest BCUT2D eigenvalue weighted by Crippen LogP contribution is 2.16. The van der Waals surface area contributed by atoms with Gasteiger partial charge in [-0.15, -0.1) is 0 Å². The van der Waals surface area contributed by atoms with E-state index in [1.807, 2.05) is 0 Å². The number of ether oxygens (including phenoxy) is 2. The molecule has 0 radical (unpaired) electrons. The summed E-state index contributed by atoms with van der Waals surface area (Å²) in [7, 11) is 0. The Balaban J connectivity index is 3.54. The van der Waals surface area contributed by atoms with Crippen molar-refractivity contribution in [3.05, 3.63) is 158 Å². The summed E-state index contributed by atoms with van der Waals surface area (Å²) in [4.78, 5) is 24.6. The molecule has 0 aliphatic heterocycles. The molecule has 0 rings (SSSR count). The number of aliphatic hydroxyl groups is 1. The van der Waals surface area contributed by atoms with Gasteiger partial charge in [0.2, 0.25) is 0 Å². The minimum atomic E-state index is -0.794. The van der Waals surface area contributed by atoms with Crippen molar-refractivity contribution in [3.63, 3.8) is 0 Å². The molecule has 0 aromatic carbocycles. The van der Waals surface area contributed by atoms with Crippen molar-refractivity contribution in [1.29, 1.82) is 0 Å². The Bertz CT molecular complexity index is 1660. The standard InChI is InChI=1S/C71H114O5/c1-3-5-7-9-11-13-15-17-19-21-23-25-27-28-29-30-31-32-33-34-35-36-37-38-39-40-41-42-44-46-48-50-52-54-56-58-60-62-64-66-71(74)76-69(67-72)68-75-70(73)65-63-61-59-57-55-53-51-49-47-45-43-26-24-22-20-18-16-14-12-10-8-6-4-2/h5-8,11-14,17-20,23-26,28-29,31-32,34-35,45,47,51,53,69,72H,3-4,9-10,15-16,21-22,27,30,33,36-44,46,48-50,52,54-68H2,1-2H3/b7-5-,8-6-,13-11-,14-12-,19-17-,20-18-,25-23-,26-24-,29-28-,32-31-,35-34-,47-45-,53-51-. The highest BCUT2D eigenvalue weighted by Gasteiger charge is 2.16. The van der Waals surface area contributed by atoms with Gasteiger partial charge in [-0.05, 0) is 122 Å². The van der Waals surface area contributed by atoms with Gasteiger partial charge in [0.05, 0.1) is 6.61 Å². The number of hydrogen-bond acceptors (Lipinski definition) is 5. The molecule has 0 aliphatic carbocycles. The number of esters is 2. The van der Waals surface area contributed by atoms with Crippen LogP contribution in [-0.4, -0.2) is 36.4 Å². The van der Waals surface area contributed by atoms with Crippen LogP contribution in [0.5, 0.6) is 0 Å². The first-order chi connectivity index (χ1) is 37.6. The van der Waals surface area contributed by atoms with Crippen LogP contribution in [0.25, 0.3) is 0 Å². The van der Waals surface area contributed by atoms with E-state index in [2.05, 4.69) is 172 Å². The minimum Gasteiger partial charge on any atom is -0.462 e. The summed E-state index contributed by atoms with van der Waals surface area (Å²) >= 11 is 0. The van der Waals surface area contributed by atoms with Crippen molar-refractivity contribution >= 4 is 11.9 Å². The molecule has 1 unspecified atom stereocenters. The highest BCUT2D eigenvalue weighted by molar-refractivity contribution is 5.70. The van der Waals surface area contributed by atoms with E-state index < -0.39 is 6.10 Å². The van der Waals surface area contributed by atoms with E-state index in [9.17, 15) is 14.7 Å². The lowest BCUT2D eigenvalue weighted by atomic mass is 10.0. The van der Waals surface area contributed by atoms with Crippen molar-refractivity contribution < 1.29 is 24.2 Å². The minimum absolute atomic E-state index is 0.0868. The van der Waals surface area contributed by atoms with Crippen molar-refractivity contribution in [2.24, 2.45) is 0 Å². The van der Waals surface area contributed by atoms with Crippen LogP contribution in [0.1, 0.15) is 258 Å². The van der Waals surface area contributed by atoms with Gasteiger partial charge in [0, 0.05) is 12.8 Å². The quantitative estimate of drug-likeness (QED) is 0.0373. The van der Waals surface area contributed by atoms with E-state index >= 15 is 0 Å². The van der Waals surface area contributed by atoms with Crippen LogP contribution in [0, 0.1) is 0 Å². The highest BCUT2D eigenvalue weighted by atomic mass is 16.6. The second-order valence-corrected chi connectivity index (χ2v) is 20.0. The van der Waals surface area contributed by atoms with E-state index in [0.717, 1.165) is 135 Å². The molecule has 5 heteroatoms. The summed E-state index contributed by atoms with van der Waals surface area (Å²) < 4.78 is 10.7. The SMILES string of the molecule is CC/C=C\C/C=C\C/C=C\C/C=C\C/C=C\C/C=C\C/C=C\CCCCCCCCCCCCCCCCCCCC(=O)OC(CO)COC(=O)CCCCCC/C=C\C/C=C\C/C=C\C/C=C\C/C=C\C/C=C\CC. The lowest BCUT2D eigenvalue weighted by Crippen LogP contribution is -2.28. The predicted octanol–water partition coefficient (Wildman–Crippen LogP) is 21.5. The molecule has 0 aliphatic rings. The number of unbranched alkanes of at least 4 members (excludes halogenated alkanes) is 21. The van der Waals surface area contributed by atoms with Gasteiger partial charge in [-0.2, -0.15) is 0 Å². The van der Waals surface area contributed by atoms with Gasteiger partial charge in [0.15, 0.2) is 6.10 Å². The lowest BCUT2D eigenvalue weighted by Gasteiger charge is -2.15. The average Bonchev–Trinajstić information content (AvgIpc) is 3.42. The third kappa shape index (κ3) is 62.1. The number of aliphatic hydroxyl groups excluding tert-OH is 1. The maximum Gasteiger partial charge on any atom is 0.306 e. The van der Waals surface area contributed by atoms with Crippen LogP contribution in [0.2, 0.25) is 0 Å². The van der Waals surface area contributed by atoms with Crippen LogP contribution >= 0.6 is 0 Å². The van der Waals surface area contributed by atoms with Gasteiger partial charge in [0.1, 0.15) is 6.61 Å². The van der Waals surface area contributed by atoms with Gasteiger partial charge >= 0.3 is 11.9 Å². The molecular formula is C71H114O5. The van der Waals surface area contributed by atoms with Gasteiger partial charge in [-0.1, -0.05) is 281 Å². The zero-order valence-corrected chi connectivity index (χ0v) is 49.0. The Kier molecular flexibility index (Phi) is 61.0. The smallest absolute Gasteiger partial charge is 0.306 e. The van der Waals surface area contributed by atoms with E-state index in [1.165, 1.54) is 96.3 Å². The van der Waals surface area contributed by atoms with Crippen molar-refractivity contribution in [2.75, 3.05) is 13.2 Å². The number of allylic oxidation sites excluding steroid dienone is 26. The van der Waals surface area contributed by atoms with E-state index in [4.69, 9.17) is 9.47 Å². The number of rotatable bonds is 55. The molecule has 1 N–H and O–H groups in total. The maximum atomic E-state index is 12.3. The number of hydrogen-bond donors (Lipinski definition) is 1. The van der Waals surface area contributed by atoms with Gasteiger partial charge in [0.25, 0.3) is 0 Å². The summed E-state index contributed by atoms with van der Waals surface area (Å²) in [6.07, 6.45) is 99.5. The Morgan fingerprint density at radius 2 is 0.526 bits per heavy atom. The molecule has 0 aromatic heterocycles. The molecule has 1 atom stereocenters. The Labute approximate surface area is 469 Å². The molecule has 0 fully saturated rings. The lowest BCUT2D eigenvalue weighted by molar-refractivity contribution is -0.161. The number of carbonyl (C=O) groups excluding carboxylic acids is 2. The fourth-order valence-corrected chi connectivity index (χ4v) is 8.25. The van der Waals surface area contributed by atoms with Gasteiger partial charge in [-0.3, -0.25) is 9.59 Å². The summed E-state index contributed by atoms with van der Waals surface area (Å²) in [5.74, 6) is -0.624. The van der Waals surface area contributed by atoms with Gasteiger partial charge in [-0.25, -0.2) is 0 Å². The maximum absolute atomic E-state index is 12.3. The second kappa shape index (κ2) is 64.8. The summed E-state index contributed by atoms with van der Waals surface area (Å²) in [6, 6.07) is 0. The Morgan fingerprint density at radius 1 is 0.303 bits per heavy atom. The molecule has 0 spiro atoms. The predicted molar refractivity (Wildman–Crippen MR) is 334 cm³/mol. The molecule has 0 bridgehead atoms. The first-order valence-electron chi connectivity index (χ1n) is 31.0. The van der Waals surface area contributed by atoms with Crippen molar-refractivity contribution in [1.82, 2.24) is 0 Å². The molecule has 5 nitrogen and oxygen atoms in total. The first-order valence-corrected chi connectivity index (χ1v) is 31.0.